The van der Waals surface area contributed by atoms with Gasteiger partial charge in [-0.3, -0.25) is 0 Å². The first-order valence-corrected chi connectivity index (χ1v) is 6.57. The van der Waals surface area contributed by atoms with Gasteiger partial charge in [0.2, 0.25) is 0 Å². The number of hydrogen-bond donors (Lipinski definition) is 1. The van der Waals surface area contributed by atoms with E-state index in [1.807, 2.05) is 0 Å². The van der Waals surface area contributed by atoms with Crippen molar-refractivity contribution < 1.29 is 4.74 Å². The molecule has 0 amide bonds. The third-order valence-electron chi connectivity index (χ3n) is 3.87. The zero-order valence-corrected chi connectivity index (χ0v) is 10.1. The Balaban J connectivity index is 1.85. The van der Waals surface area contributed by atoms with Crippen LogP contribution < -0.4 is 5.32 Å². The Labute approximate surface area is 98.2 Å². The third-order valence-corrected chi connectivity index (χ3v) is 3.87. The molecule has 1 heterocycles. The summed E-state index contributed by atoms with van der Waals surface area (Å²) >= 11 is 0. The molecule has 1 saturated heterocycles. The Morgan fingerprint density at radius 2 is 2.06 bits per heavy atom. The predicted molar refractivity (Wildman–Crippen MR) is 62.9 cm³/mol. The van der Waals surface area contributed by atoms with Crippen LogP contribution in [0.1, 0.15) is 45.4 Å². The lowest BCUT2D eigenvalue weighted by Gasteiger charge is -2.35. The second-order valence-corrected chi connectivity index (χ2v) is 5.20. The Morgan fingerprint density at radius 3 is 2.81 bits per heavy atom. The summed E-state index contributed by atoms with van der Waals surface area (Å²) in [6.45, 7) is 3.00. The van der Waals surface area contributed by atoms with Crippen LogP contribution in [0, 0.1) is 17.2 Å². The molecule has 0 bridgehead atoms. The van der Waals surface area contributed by atoms with Crippen LogP contribution in [0.4, 0.5) is 0 Å². The fraction of sp³-hybridized carbons (Fsp3) is 0.923. The van der Waals surface area contributed by atoms with Crippen LogP contribution in [0.2, 0.25) is 0 Å². The number of nitriles is 1. The number of ether oxygens (including phenoxy) is 1. The molecule has 1 N–H and O–H groups in total. The molecule has 4 unspecified atom stereocenters. The summed E-state index contributed by atoms with van der Waals surface area (Å²) in [5.74, 6) is 0.229. The second-order valence-electron chi connectivity index (χ2n) is 5.20. The van der Waals surface area contributed by atoms with Crippen molar-refractivity contribution in [1.82, 2.24) is 5.32 Å². The monoisotopic (exact) mass is 222 g/mol. The van der Waals surface area contributed by atoms with Gasteiger partial charge in [-0.2, -0.15) is 5.26 Å². The molecule has 2 rings (SSSR count). The number of rotatable bonds is 2. The number of nitrogens with one attached hydrogen (secondary N) is 1. The van der Waals surface area contributed by atoms with E-state index in [1.54, 1.807) is 0 Å². The van der Waals surface area contributed by atoms with Gasteiger partial charge >= 0.3 is 0 Å². The molecule has 0 radical (unpaired) electrons. The summed E-state index contributed by atoms with van der Waals surface area (Å²) in [4.78, 5) is 0. The van der Waals surface area contributed by atoms with Crippen molar-refractivity contribution in [3.8, 4) is 6.07 Å². The minimum Gasteiger partial charge on any atom is -0.378 e. The van der Waals surface area contributed by atoms with Gasteiger partial charge in [-0.25, -0.2) is 0 Å². The first-order chi connectivity index (χ1) is 7.79. The largest absolute Gasteiger partial charge is 0.378 e. The lowest BCUT2D eigenvalue weighted by molar-refractivity contribution is 0.00936. The molecule has 0 spiro atoms. The molecule has 0 aromatic heterocycles. The molecule has 4 atom stereocenters. The van der Waals surface area contributed by atoms with Gasteiger partial charge in [0.25, 0.3) is 0 Å². The summed E-state index contributed by atoms with van der Waals surface area (Å²) in [5.41, 5.74) is 0. The summed E-state index contributed by atoms with van der Waals surface area (Å²) in [7, 11) is 0. The lowest BCUT2D eigenvalue weighted by Crippen LogP contribution is -2.47. The topological polar surface area (TPSA) is 45.0 Å². The van der Waals surface area contributed by atoms with E-state index in [0.29, 0.717) is 18.2 Å². The molecule has 1 aliphatic carbocycles. The highest BCUT2D eigenvalue weighted by Gasteiger charge is 2.28. The van der Waals surface area contributed by atoms with E-state index in [1.165, 1.54) is 19.3 Å². The molecule has 1 saturated carbocycles. The van der Waals surface area contributed by atoms with Crippen LogP contribution in [0.5, 0.6) is 0 Å². The maximum Gasteiger partial charge on any atom is 0.0672 e. The van der Waals surface area contributed by atoms with Crippen LogP contribution in [0.3, 0.4) is 0 Å². The van der Waals surface area contributed by atoms with Gasteiger partial charge in [-0.05, 0) is 32.6 Å². The lowest BCUT2D eigenvalue weighted by atomic mass is 9.84. The van der Waals surface area contributed by atoms with Gasteiger partial charge in [-0.15, -0.1) is 0 Å². The van der Waals surface area contributed by atoms with Crippen LogP contribution in [-0.4, -0.2) is 24.8 Å². The third kappa shape index (κ3) is 2.96. The van der Waals surface area contributed by atoms with Crippen molar-refractivity contribution >= 4 is 0 Å². The Kier molecular flexibility index (Phi) is 4.20. The molecular weight excluding hydrogens is 200 g/mol. The molecule has 3 heteroatoms. The molecule has 2 fully saturated rings. The average Bonchev–Trinajstić information content (AvgIpc) is 2.30. The summed E-state index contributed by atoms with van der Waals surface area (Å²) < 4.78 is 5.55. The first-order valence-electron chi connectivity index (χ1n) is 6.57. The highest BCUT2D eigenvalue weighted by molar-refractivity contribution is 4.96. The smallest absolute Gasteiger partial charge is 0.0672 e. The van der Waals surface area contributed by atoms with Gasteiger partial charge < -0.3 is 10.1 Å². The van der Waals surface area contributed by atoms with Gasteiger partial charge in [0.1, 0.15) is 0 Å². The number of nitrogens with zero attached hydrogens (tertiary/aromatic N) is 1. The van der Waals surface area contributed by atoms with Crippen LogP contribution >= 0.6 is 0 Å². The van der Waals surface area contributed by atoms with Crippen molar-refractivity contribution in [3.63, 3.8) is 0 Å². The standard InChI is InChI=1S/C13H22N2O/c1-10-8-12(6-7-16-10)15-13-5-3-2-4-11(13)9-14/h10-13,15H,2-8H2,1H3. The molecule has 0 aromatic rings. The molecule has 0 aromatic carbocycles. The quantitative estimate of drug-likeness (QED) is 0.779. The summed E-state index contributed by atoms with van der Waals surface area (Å²) in [6, 6.07) is 3.44. The molecular formula is C13H22N2O. The average molecular weight is 222 g/mol. The highest BCUT2D eigenvalue weighted by atomic mass is 16.5. The van der Waals surface area contributed by atoms with Crippen molar-refractivity contribution in [2.75, 3.05) is 6.61 Å². The zero-order valence-electron chi connectivity index (χ0n) is 10.1. The summed E-state index contributed by atoms with van der Waals surface area (Å²) in [6.07, 6.45) is 7.30. The van der Waals surface area contributed by atoms with E-state index in [9.17, 15) is 0 Å². The van der Waals surface area contributed by atoms with Crippen LogP contribution in [-0.2, 0) is 4.74 Å². The molecule has 2 aliphatic rings. The molecule has 90 valence electrons. The fourth-order valence-electron chi connectivity index (χ4n) is 2.94. The van der Waals surface area contributed by atoms with Gasteiger partial charge in [0.15, 0.2) is 0 Å². The molecule has 1 aliphatic heterocycles. The predicted octanol–water partition coefficient (Wildman–Crippen LogP) is 2.23. The van der Waals surface area contributed by atoms with Crippen molar-refractivity contribution in [1.29, 1.82) is 5.26 Å². The van der Waals surface area contributed by atoms with E-state index in [4.69, 9.17) is 10.00 Å². The molecule has 16 heavy (non-hydrogen) atoms. The van der Waals surface area contributed by atoms with Crippen molar-refractivity contribution in [2.45, 2.75) is 63.6 Å². The highest BCUT2D eigenvalue weighted by Crippen LogP contribution is 2.25. The first kappa shape index (κ1) is 11.9. The van der Waals surface area contributed by atoms with Crippen molar-refractivity contribution in [3.05, 3.63) is 0 Å². The Bertz CT molecular complexity index is 261. The number of hydrogen-bond acceptors (Lipinski definition) is 3. The van der Waals surface area contributed by atoms with E-state index in [0.717, 1.165) is 25.9 Å². The van der Waals surface area contributed by atoms with Crippen LogP contribution in [0.15, 0.2) is 0 Å². The maximum absolute atomic E-state index is 9.13. The Hall–Kier alpha value is -0.590. The maximum atomic E-state index is 9.13. The van der Waals surface area contributed by atoms with Gasteiger partial charge in [0, 0.05) is 18.7 Å². The zero-order chi connectivity index (χ0) is 11.4. The van der Waals surface area contributed by atoms with Crippen LogP contribution in [0.25, 0.3) is 0 Å². The van der Waals surface area contributed by atoms with E-state index in [2.05, 4.69) is 18.3 Å². The fourth-order valence-corrected chi connectivity index (χ4v) is 2.94. The minimum absolute atomic E-state index is 0.229. The van der Waals surface area contributed by atoms with Gasteiger partial charge in [0.05, 0.1) is 18.1 Å². The molecule has 3 nitrogen and oxygen atoms in total. The second kappa shape index (κ2) is 5.65. The van der Waals surface area contributed by atoms with E-state index in [-0.39, 0.29) is 5.92 Å². The Morgan fingerprint density at radius 1 is 1.25 bits per heavy atom. The van der Waals surface area contributed by atoms with Gasteiger partial charge in [-0.1, -0.05) is 12.8 Å². The van der Waals surface area contributed by atoms with E-state index >= 15 is 0 Å². The summed E-state index contributed by atoms with van der Waals surface area (Å²) in [5, 5.41) is 12.8. The SMILES string of the molecule is CC1CC(NC2CCCCC2C#N)CCO1. The normalized spacial score (nSPS) is 40.2. The van der Waals surface area contributed by atoms with Crippen molar-refractivity contribution in [2.24, 2.45) is 5.92 Å². The minimum atomic E-state index is 0.229. The van der Waals surface area contributed by atoms with E-state index < -0.39 is 0 Å².